The molecule has 190 valence electrons. The maximum Gasteiger partial charge on any atom is 0.254 e. The number of hydrogen-bond donors (Lipinski definition) is 1. The fraction of sp³-hybridized carbons (Fsp3) is 0.310. The molecule has 0 aliphatic carbocycles. The Morgan fingerprint density at radius 1 is 1.08 bits per heavy atom. The minimum atomic E-state index is -0.203. The number of aliphatic hydroxyl groups is 1. The Morgan fingerprint density at radius 2 is 1.86 bits per heavy atom. The number of likely N-dealkylation sites (tertiary alicyclic amines) is 1. The number of rotatable bonds is 6. The van der Waals surface area contributed by atoms with Crippen LogP contribution in [0.5, 0.6) is 5.75 Å². The topological polar surface area (TPSA) is 95.3 Å². The third-order valence-corrected chi connectivity index (χ3v) is 6.99. The molecule has 37 heavy (non-hydrogen) atoms. The molecule has 1 saturated heterocycles. The van der Waals surface area contributed by atoms with Crippen molar-refractivity contribution in [2.24, 2.45) is 4.99 Å². The number of para-hydroxylation sites is 1. The van der Waals surface area contributed by atoms with Gasteiger partial charge in [-0.25, -0.2) is 0 Å². The summed E-state index contributed by atoms with van der Waals surface area (Å²) in [7, 11) is 5.01. The van der Waals surface area contributed by atoms with E-state index in [9.17, 15) is 14.7 Å². The number of benzene rings is 2. The van der Waals surface area contributed by atoms with Crippen LogP contribution in [0.15, 0.2) is 59.7 Å². The van der Waals surface area contributed by atoms with Gasteiger partial charge in [-0.05, 0) is 54.8 Å². The van der Waals surface area contributed by atoms with Crippen molar-refractivity contribution in [1.29, 1.82) is 0 Å². The van der Waals surface area contributed by atoms with E-state index in [1.165, 1.54) is 4.90 Å². The molecule has 3 aromatic rings. The van der Waals surface area contributed by atoms with Gasteiger partial charge in [0.2, 0.25) is 0 Å². The van der Waals surface area contributed by atoms with Gasteiger partial charge in [0.1, 0.15) is 5.75 Å². The van der Waals surface area contributed by atoms with E-state index in [0.717, 1.165) is 52.3 Å². The predicted molar refractivity (Wildman–Crippen MR) is 141 cm³/mol. The first kappa shape index (κ1) is 24.6. The Morgan fingerprint density at radius 3 is 2.62 bits per heavy atom. The third-order valence-electron chi connectivity index (χ3n) is 6.99. The molecule has 5 rings (SSSR count). The van der Waals surface area contributed by atoms with Crippen LogP contribution in [0, 0.1) is 0 Å². The van der Waals surface area contributed by atoms with Gasteiger partial charge in [0, 0.05) is 54.7 Å². The lowest BCUT2D eigenvalue weighted by Gasteiger charge is -2.24. The molecule has 1 aromatic heterocycles. The van der Waals surface area contributed by atoms with E-state index >= 15 is 0 Å². The summed E-state index contributed by atoms with van der Waals surface area (Å²) in [5.74, 6) is 0.355. The van der Waals surface area contributed by atoms with Crippen molar-refractivity contribution in [2.45, 2.75) is 25.4 Å². The summed E-state index contributed by atoms with van der Waals surface area (Å²) in [6.07, 6.45) is 3.38. The van der Waals surface area contributed by atoms with Gasteiger partial charge in [0.05, 0.1) is 37.7 Å². The fourth-order valence-electron chi connectivity index (χ4n) is 5.05. The molecule has 8 nitrogen and oxygen atoms in total. The summed E-state index contributed by atoms with van der Waals surface area (Å²) >= 11 is 0. The van der Waals surface area contributed by atoms with E-state index in [4.69, 9.17) is 9.73 Å². The van der Waals surface area contributed by atoms with E-state index in [-0.39, 0.29) is 24.5 Å². The lowest BCUT2D eigenvalue weighted by molar-refractivity contribution is 0.0677. The molecule has 0 spiro atoms. The largest absolute Gasteiger partial charge is 0.496 e. The maximum atomic E-state index is 13.5. The smallest absolute Gasteiger partial charge is 0.254 e. The molecule has 2 aliphatic rings. The number of aliphatic hydroxyl groups excluding tert-OH is 1. The second-order valence-electron chi connectivity index (χ2n) is 9.56. The number of carbonyl (C=O) groups excluding carboxylic acids is 2. The number of ether oxygens (including phenoxy) is 1. The highest BCUT2D eigenvalue weighted by Crippen LogP contribution is 2.32. The number of methoxy groups -OCH3 is 1. The number of fused-ring (bicyclic) bond motifs is 1. The van der Waals surface area contributed by atoms with Gasteiger partial charge in [-0.1, -0.05) is 12.1 Å². The van der Waals surface area contributed by atoms with E-state index in [1.807, 2.05) is 30.3 Å². The van der Waals surface area contributed by atoms with Crippen molar-refractivity contribution < 1.29 is 19.4 Å². The van der Waals surface area contributed by atoms with Gasteiger partial charge >= 0.3 is 0 Å². The number of nitrogens with zero attached hydrogens (tertiary/aromatic N) is 4. The predicted octanol–water partition coefficient (Wildman–Crippen LogP) is 3.41. The lowest BCUT2D eigenvalue weighted by atomic mass is 9.95. The maximum absolute atomic E-state index is 13.5. The Hall–Kier alpha value is -4.04. The third kappa shape index (κ3) is 4.60. The van der Waals surface area contributed by atoms with E-state index in [1.54, 1.807) is 50.5 Å². The van der Waals surface area contributed by atoms with Crippen LogP contribution in [0.4, 0.5) is 0 Å². The molecule has 1 atom stereocenters. The van der Waals surface area contributed by atoms with Crippen LogP contribution < -0.4 is 4.74 Å². The molecule has 3 heterocycles. The monoisotopic (exact) mass is 498 g/mol. The zero-order chi connectivity index (χ0) is 26.1. The van der Waals surface area contributed by atoms with Gasteiger partial charge in [0.15, 0.2) is 0 Å². The van der Waals surface area contributed by atoms with Gasteiger partial charge in [-0.15, -0.1) is 0 Å². The molecule has 0 radical (unpaired) electrons. The standard InChI is InChI=1S/C29H30N4O4/c1-32(2)28(35)19-11-18(12-20(13-19)29(36)33-10-6-7-22(33)17-34)21-14-24-25(30-15-21)16-31-27(24)23-8-4-5-9-26(23)37-3/h4-5,8-9,11-15,22,34H,6-7,10,16-17H2,1-3H3/t22-/m0/s1. The first-order valence-electron chi connectivity index (χ1n) is 12.4. The quantitative estimate of drug-likeness (QED) is 0.562. The van der Waals surface area contributed by atoms with Gasteiger partial charge in [-0.2, -0.15) is 0 Å². The minimum absolute atomic E-state index is 0.0747. The minimum Gasteiger partial charge on any atom is -0.496 e. The van der Waals surface area contributed by atoms with E-state index in [0.29, 0.717) is 24.2 Å². The highest BCUT2D eigenvalue weighted by atomic mass is 16.5. The van der Waals surface area contributed by atoms with Crippen molar-refractivity contribution >= 4 is 17.5 Å². The van der Waals surface area contributed by atoms with Crippen LogP contribution in [0.1, 0.15) is 50.4 Å². The Bertz CT molecular complexity index is 1400. The first-order chi connectivity index (χ1) is 17.9. The SMILES string of the molecule is COc1ccccc1C1=NCc2ncc(-c3cc(C(=O)N(C)C)cc(C(=O)N4CCC[C@H]4CO)c3)cc21. The number of aromatic nitrogens is 1. The zero-order valence-corrected chi connectivity index (χ0v) is 21.3. The van der Waals surface area contributed by atoms with Crippen LogP contribution in [0.2, 0.25) is 0 Å². The second-order valence-corrected chi connectivity index (χ2v) is 9.56. The molecule has 0 unspecified atom stereocenters. The molecule has 0 saturated carbocycles. The molecule has 2 aliphatic heterocycles. The van der Waals surface area contributed by atoms with Crippen molar-refractivity contribution in [3.8, 4) is 16.9 Å². The van der Waals surface area contributed by atoms with Crippen LogP contribution in [-0.2, 0) is 6.54 Å². The number of carbonyl (C=O) groups is 2. The summed E-state index contributed by atoms with van der Waals surface area (Å²) in [5.41, 5.74) is 5.80. The summed E-state index contributed by atoms with van der Waals surface area (Å²) in [6, 6.07) is 14.8. The highest BCUT2D eigenvalue weighted by Gasteiger charge is 2.30. The number of amides is 2. The Balaban J connectivity index is 1.59. The summed E-state index contributed by atoms with van der Waals surface area (Å²) in [5, 5.41) is 9.74. The normalized spacial score (nSPS) is 16.4. The highest BCUT2D eigenvalue weighted by molar-refractivity contribution is 6.16. The molecule has 2 aromatic carbocycles. The molecule has 1 N–H and O–H groups in total. The summed E-state index contributed by atoms with van der Waals surface area (Å²) in [4.78, 5) is 39.0. The van der Waals surface area contributed by atoms with E-state index in [2.05, 4.69) is 4.98 Å². The molecular formula is C29H30N4O4. The van der Waals surface area contributed by atoms with Crippen molar-refractivity contribution in [3.05, 3.63) is 82.7 Å². The molecule has 2 amide bonds. The van der Waals surface area contributed by atoms with Gasteiger partial charge in [-0.3, -0.25) is 19.6 Å². The van der Waals surface area contributed by atoms with Crippen LogP contribution >= 0.6 is 0 Å². The molecule has 0 bridgehead atoms. The molecule has 1 fully saturated rings. The Kier molecular flexibility index (Phi) is 6.76. The fourth-order valence-corrected chi connectivity index (χ4v) is 5.05. The molecule has 8 heteroatoms. The average molecular weight is 499 g/mol. The number of aliphatic imine (C=N–C) groups is 1. The van der Waals surface area contributed by atoms with Crippen LogP contribution in [0.25, 0.3) is 11.1 Å². The summed E-state index contributed by atoms with van der Waals surface area (Å²) < 4.78 is 5.56. The zero-order valence-electron chi connectivity index (χ0n) is 21.3. The van der Waals surface area contributed by atoms with Gasteiger partial charge in [0.25, 0.3) is 11.8 Å². The van der Waals surface area contributed by atoms with Crippen LogP contribution in [-0.4, -0.2) is 77.8 Å². The van der Waals surface area contributed by atoms with Gasteiger partial charge < -0.3 is 19.6 Å². The van der Waals surface area contributed by atoms with Crippen molar-refractivity contribution in [2.75, 3.05) is 34.4 Å². The van der Waals surface area contributed by atoms with Crippen LogP contribution in [0.3, 0.4) is 0 Å². The Labute approximate surface area is 216 Å². The van der Waals surface area contributed by atoms with E-state index < -0.39 is 0 Å². The average Bonchev–Trinajstić information content (AvgIpc) is 3.58. The van der Waals surface area contributed by atoms with Crippen molar-refractivity contribution in [1.82, 2.24) is 14.8 Å². The lowest BCUT2D eigenvalue weighted by Crippen LogP contribution is -2.37. The first-order valence-corrected chi connectivity index (χ1v) is 12.4. The van der Waals surface area contributed by atoms with Crippen molar-refractivity contribution in [3.63, 3.8) is 0 Å². The second kappa shape index (κ2) is 10.1. The summed E-state index contributed by atoms with van der Waals surface area (Å²) in [6.45, 7) is 0.989. The molecular weight excluding hydrogens is 468 g/mol. The number of pyridine rings is 1. The number of hydrogen-bond acceptors (Lipinski definition) is 6.